The standard InChI is InChI=1S/C2H4O2.H3N.2Na.HO3Si/c1-2(3)4;;;;1-4(2)3/h1H3,(H,3,4);1H3;;;1H/q;;2*+1;-1/p-1. The first-order valence-corrected chi connectivity index (χ1v) is 2.80. The summed E-state index contributed by atoms with van der Waals surface area (Å²) in [5, 5.41) is 8.89. The number of carbonyl (C=O) groups excluding carboxylic acids is 1. The van der Waals surface area contributed by atoms with Crippen molar-refractivity contribution in [2.45, 2.75) is 6.92 Å². The summed E-state index contributed by atoms with van der Waals surface area (Å²) in [5.74, 6) is -1.08. The van der Waals surface area contributed by atoms with E-state index in [0.29, 0.717) is 0 Å². The van der Waals surface area contributed by atoms with Crippen LogP contribution in [-0.2, 0) is 9.26 Å². The maximum atomic E-state index is 8.89. The Kier molecular flexibility index (Phi) is 60.4. The second-order valence-corrected chi connectivity index (χ2v) is 1.29. The van der Waals surface area contributed by atoms with Crippen LogP contribution in [0, 0.1) is 0 Å². The number of hydrogen-bond donors (Lipinski definition) is 2. The van der Waals surface area contributed by atoms with Crippen molar-refractivity contribution in [3.05, 3.63) is 0 Å². The average Bonchev–Trinajstić information content (AvgIpc) is 1.25. The van der Waals surface area contributed by atoms with Crippen LogP contribution in [0.3, 0.4) is 0 Å². The van der Waals surface area contributed by atoms with Gasteiger partial charge in [-0.05, 0) is 6.92 Å². The number of carbonyl (C=O) groups is 1. The summed E-state index contributed by atoms with van der Waals surface area (Å²) in [6, 6.07) is 0. The van der Waals surface area contributed by atoms with Gasteiger partial charge >= 0.3 is 68.3 Å². The van der Waals surface area contributed by atoms with Crippen molar-refractivity contribution in [1.29, 1.82) is 0 Å². The summed E-state index contributed by atoms with van der Waals surface area (Å²) in [5.41, 5.74) is 0. The zero-order valence-corrected chi connectivity index (χ0v) is 11.8. The third-order valence-electron chi connectivity index (χ3n) is 0. The minimum atomic E-state index is -3.38. The zero-order chi connectivity index (χ0) is 7.15. The molecule has 0 unspecified atom stereocenters. The molecule has 0 amide bonds. The van der Waals surface area contributed by atoms with Gasteiger partial charge in [-0.3, -0.25) is 0 Å². The minimum Gasteiger partial charge on any atom is -0.604 e. The quantitative estimate of drug-likeness (QED) is 0.372. The Morgan fingerprint density at radius 3 is 1.45 bits per heavy atom. The number of aliphatic carboxylic acids is 1. The van der Waals surface area contributed by atoms with Crippen molar-refractivity contribution < 1.29 is 83.1 Å². The molecule has 4 N–H and O–H groups in total. The molecule has 0 aromatic rings. The SMILES string of the molecule is CC(=O)[O-].N.O=[Si]([O-])O.[Na+].[Na+]. The van der Waals surface area contributed by atoms with Crippen LogP contribution in [0.15, 0.2) is 0 Å². The second-order valence-electron chi connectivity index (χ2n) is 0.757. The molecule has 56 valence electrons. The molecule has 0 rings (SSSR count). The van der Waals surface area contributed by atoms with E-state index in [4.69, 9.17) is 24.0 Å². The van der Waals surface area contributed by atoms with Crippen molar-refractivity contribution >= 4 is 15.1 Å². The molecule has 6 nitrogen and oxygen atoms in total. The van der Waals surface area contributed by atoms with E-state index in [1.807, 2.05) is 0 Å². The number of carboxylic acid groups (broad SMARTS) is 1. The molecule has 0 aromatic heterocycles. The van der Waals surface area contributed by atoms with E-state index >= 15 is 0 Å². The molecule has 0 aromatic carbocycles. The van der Waals surface area contributed by atoms with Crippen molar-refractivity contribution in [3.8, 4) is 0 Å². The van der Waals surface area contributed by atoms with Gasteiger partial charge < -0.3 is 30.1 Å². The van der Waals surface area contributed by atoms with E-state index < -0.39 is 15.1 Å². The molecular weight excluding hydrogens is 192 g/mol. The van der Waals surface area contributed by atoms with Gasteiger partial charge in [-0.25, -0.2) is 0 Å². The molecule has 0 bridgehead atoms. The van der Waals surface area contributed by atoms with E-state index in [1.165, 1.54) is 0 Å². The number of hydrogen-bond acceptors (Lipinski definition) is 5. The van der Waals surface area contributed by atoms with Crippen LogP contribution in [0.2, 0.25) is 0 Å². The third-order valence-corrected chi connectivity index (χ3v) is 0. The first-order valence-electron chi connectivity index (χ1n) is 1.54. The van der Waals surface area contributed by atoms with Gasteiger partial charge in [0, 0.05) is 5.97 Å². The van der Waals surface area contributed by atoms with Crippen LogP contribution < -0.4 is 75.2 Å². The molecule has 0 atom stereocenters. The van der Waals surface area contributed by atoms with E-state index in [9.17, 15) is 0 Å². The van der Waals surface area contributed by atoms with Gasteiger partial charge in [0.25, 0.3) is 0 Å². The molecule has 0 saturated carbocycles. The maximum Gasteiger partial charge on any atom is 1.00 e. The minimum absolute atomic E-state index is 0. The second kappa shape index (κ2) is 22.5. The van der Waals surface area contributed by atoms with Crippen LogP contribution in [0.4, 0.5) is 0 Å². The first-order chi connectivity index (χ1) is 3.46. The van der Waals surface area contributed by atoms with Gasteiger partial charge in [-0.1, -0.05) is 0 Å². The molecule has 0 aliphatic carbocycles. The van der Waals surface area contributed by atoms with Crippen LogP contribution in [0.25, 0.3) is 0 Å². The Morgan fingerprint density at radius 1 is 1.45 bits per heavy atom. The van der Waals surface area contributed by atoms with E-state index in [2.05, 4.69) is 0 Å². The van der Waals surface area contributed by atoms with Crippen LogP contribution in [0.1, 0.15) is 6.92 Å². The zero-order valence-electron chi connectivity index (χ0n) is 6.79. The predicted molar refractivity (Wildman–Crippen MR) is 24.4 cm³/mol. The van der Waals surface area contributed by atoms with Gasteiger partial charge in [-0.2, -0.15) is 0 Å². The summed E-state index contributed by atoms with van der Waals surface area (Å²) in [6.45, 7) is 0.972. The summed E-state index contributed by atoms with van der Waals surface area (Å²) in [4.78, 5) is 24.6. The fraction of sp³-hybridized carbons (Fsp3) is 0.500. The maximum absolute atomic E-state index is 8.89. The molecule has 0 saturated heterocycles. The smallest absolute Gasteiger partial charge is 0.604 e. The van der Waals surface area contributed by atoms with Crippen molar-refractivity contribution in [3.63, 3.8) is 0 Å². The Labute approximate surface area is 110 Å². The Morgan fingerprint density at radius 2 is 1.45 bits per heavy atom. The monoisotopic (exact) mass is 199 g/mol. The summed E-state index contributed by atoms with van der Waals surface area (Å²) in [7, 11) is -3.38. The Balaban J connectivity index is -0.0000000171. The summed E-state index contributed by atoms with van der Waals surface area (Å²) in [6.07, 6.45) is 0. The van der Waals surface area contributed by atoms with Crippen LogP contribution >= 0.6 is 0 Å². The Hall–Kier alpha value is 1.05. The van der Waals surface area contributed by atoms with E-state index in [1.54, 1.807) is 0 Å². The van der Waals surface area contributed by atoms with Gasteiger partial charge in [0.2, 0.25) is 0 Å². The molecule has 0 radical (unpaired) electrons. The predicted octanol–water partition coefficient (Wildman–Crippen LogP) is -9.32. The number of carboxylic acids is 1. The van der Waals surface area contributed by atoms with Crippen molar-refractivity contribution in [2.75, 3.05) is 0 Å². The summed E-state index contributed by atoms with van der Waals surface area (Å²) >= 11 is 0. The van der Waals surface area contributed by atoms with Crippen molar-refractivity contribution in [2.24, 2.45) is 0 Å². The fourth-order valence-corrected chi connectivity index (χ4v) is 0. The van der Waals surface area contributed by atoms with Gasteiger partial charge in [0.1, 0.15) is 0 Å². The molecule has 0 aliphatic heterocycles. The van der Waals surface area contributed by atoms with Gasteiger partial charge in [-0.15, -0.1) is 0 Å². The molecule has 0 fully saturated rings. The molecule has 11 heavy (non-hydrogen) atoms. The molecule has 9 heteroatoms. The van der Waals surface area contributed by atoms with Gasteiger partial charge in [0.05, 0.1) is 0 Å². The molecule has 0 spiro atoms. The third kappa shape index (κ3) is 825. The van der Waals surface area contributed by atoms with Gasteiger partial charge in [0.15, 0.2) is 0 Å². The molecular formula is C2H7NNa2O5Si. The number of rotatable bonds is 0. The largest absolute Gasteiger partial charge is 1.00 e. The van der Waals surface area contributed by atoms with E-state index in [-0.39, 0.29) is 65.3 Å². The Bertz CT molecular complexity index is 80.5. The normalized spacial score (nSPS) is 4.45. The van der Waals surface area contributed by atoms with E-state index in [0.717, 1.165) is 6.92 Å². The fourth-order valence-electron chi connectivity index (χ4n) is 0. The summed E-state index contributed by atoms with van der Waals surface area (Å²) < 4.78 is 8.63. The first kappa shape index (κ1) is 29.6. The molecule has 0 heterocycles. The van der Waals surface area contributed by atoms with Crippen molar-refractivity contribution in [1.82, 2.24) is 6.15 Å². The average molecular weight is 199 g/mol. The topological polar surface area (TPSA) is 135 Å². The molecule has 0 aliphatic rings. The van der Waals surface area contributed by atoms with Crippen LogP contribution in [0.5, 0.6) is 0 Å². The van der Waals surface area contributed by atoms with Crippen LogP contribution in [-0.4, -0.2) is 19.9 Å².